The average molecular weight is 279 g/mol. The van der Waals surface area contributed by atoms with Crippen LogP contribution in [0.15, 0.2) is 16.6 Å². The second kappa shape index (κ2) is 5.39. The van der Waals surface area contributed by atoms with Gasteiger partial charge in [-0.15, -0.1) is 0 Å². The summed E-state index contributed by atoms with van der Waals surface area (Å²) in [4.78, 5) is 1.69. The van der Waals surface area contributed by atoms with Crippen molar-refractivity contribution in [1.82, 2.24) is 0 Å². The second-order valence-electron chi connectivity index (χ2n) is 3.33. The number of hydrogen-bond donors (Lipinski definition) is 1. The summed E-state index contributed by atoms with van der Waals surface area (Å²) in [6.45, 7) is 2.24. The fourth-order valence-corrected chi connectivity index (χ4v) is 1.93. The van der Waals surface area contributed by atoms with Gasteiger partial charge < -0.3 is 10.6 Å². The Morgan fingerprint density at radius 1 is 1.31 bits per heavy atom. The molecule has 0 aromatic heterocycles. The SMILES string of the molecule is Cc1cc(N(CC#N)CC#N)c(Br)cc1N. The third-order valence-corrected chi connectivity index (χ3v) is 2.83. The Bertz CT molecular complexity index is 454. The highest BCUT2D eigenvalue weighted by atomic mass is 79.9. The summed E-state index contributed by atoms with van der Waals surface area (Å²) >= 11 is 3.38. The Hall–Kier alpha value is -1.72. The zero-order valence-electron chi connectivity index (χ0n) is 8.87. The first-order valence-corrected chi connectivity index (χ1v) is 5.44. The Kier molecular flexibility index (Phi) is 4.16. The minimum Gasteiger partial charge on any atom is -0.398 e. The molecule has 0 atom stereocenters. The molecule has 0 heterocycles. The molecule has 0 aliphatic carbocycles. The molecule has 2 N–H and O–H groups in total. The van der Waals surface area contributed by atoms with Crippen molar-refractivity contribution in [1.29, 1.82) is 10.5 Å². The molecule has 0 aliphatic heterocycles. The molecule has 0 bridgehead atoms. The largest absolute Gasteiger partial charge is 0.398 e. The van der Waals surface area contributed by atoms with Crippen LogP contribution >= 0.6 is 15.9 Å². The smallest absolute Gasteiger partial charge is 0.107 e. The van der Waals surface area contributed by atoms with Crippen molar-refractivity contribution in [3.05, 3.63) is 22.2 Å². The number of benzene rings is 1. The lowest BCUT2D eigenvalue weighted by atomic mass is 10.1. The van der Waals surface area contributed by atoms with E-state index in [4.69, 9.17) is 16.3 Å². The second-order valence-corrected chi connectivity index (χ2v) is 4.19. The van der Waals surface area contributed by atoms with E-state index >= 15 is 0 Å². The summed E-state index contributed by atoms with van der Waals surface area (Å²) in [5.74, 6) is 0. The molecule has 0 saturated carbocycles. The number of halogens is 1. The topological polar surface area (TPSA) is 76.8 Å². The van der Waals surface area contributed by atoms with Crippen LogP contribution in [0.4, 0.5) is 11.4 Å². The van der Waals surface area contributed by atoms with Crippen molar-refractivity contribution < 1.29 is 0 Å². The van der Waals surface area contributed by atoms with Gasteiger partial charge in [-0.3, -0.25) is 0 Å². The molecule has 0 fully saturated rings. The van der Waals surface area contributed by atoms with E-state index in [1.165, 1.54) is 0 Å². The van der Waals surface area contributed by atoms with E-state index in [-0.39, 0.29) is 13.1 Å². The lowest BCUT2D eigenvalue weighted by Crippen LogP contribution is -2.24. The third kappa shape index (κ3) is 2.65. The van der Waals surface area contributed by atoms with Crippen molar-refractivity contribution in [2.24, 2.45) is 0 Å². The predicted molar refractivity (Wildman–Crippen MR) is 66.7 cm³/mol. The highest BCUT2D eigenvalue weighted by molar-refractivity contribution is 9.10. The van der Waals surface area contributed by atoms with E-state index < -0.39 is 0 Å². The number of nitrogens with zero attached hydrogens (tertiary/aromatic N) is 3. The number of nitrogen functional groups attached to an aromatic ring is 1. The van der Waals surface area contributed by atoms with Gasteiger partial charge in [-0.1, -0.05) is 0 Å². The van der Waals surface area contributed by atoms with E-state index in [0.717, 1.165) is 15.7 Å². The van der Waals surface area contributed by atoms with Crippen LogP contribution in [0.1, 0.15) is 5.56 Å². The monoisotopic (exact) mass is 278 g/mol. The van der Waals surface area contributed by atoms with E-state index in [1.807, 2.05) is 25.1 Å². The van der Waals surface area contributed by atoms with Crippen LogP contribution in [-0.2, 0) is 0 Å². The molecule has 0 aliphatic rings. The van der Waals surface area contributed by atoms with Gasteiger partial charge in [-0.05, 0) is 40.5 Å². The molecular formula is C11H11BrN4. The van der Waals surface area contributed by atoms with Gasteiger partial charge in [0.2, 0.25) is 0 Å². The van der Waals surface area contributed by atoms with Gasteiger partial charge in [0.05, 0.1) is 17.8 Å². The van der Waals surface area contributed by atoms with Gasteiger partial charge in [0, 0.05) is 10.2 Å². The van der Waals surface area contributed by atoms with E-state index in [0.29, 0.717) is 5.69 Å². The number of rotatable bonds is 3. The van der Waals surface area contributed by atoms with Gasteiger partial charge in [0.1, 0.15) is 13.1 Å². The Balaban J connectivity index is 3.15. The number of aryl methyl sites for hydroxylation is 1. The minimum absolute atomic E-state index is 0.176. The molecule has 0 radical (unpaired) electrons. The molecular weight excluding hydrogens is 268 g/mol. The highest BCUT2D eigenvalue weighted by Gasteiger charge is 2.11. The van der Waals surface area contributed by atoms with Crippen LogP contribution in [0.2, 0.25) is 0 Å². The molecule has 0 amide bonds. The van der Waals surface area contributed by atoms with E-state index in [2.05, 4.69) is 15.9 Å². The van der Waals surface area contributed by atoms with Crippen LogP contribution in [-0.4, -0.2) is 13.1 Å². The third-order valence-electron chi connectivity index (χ3n) is 2.20. The van der Waals surface area contributed by atoms with Crippen molar-refractivity contribution >= 4 is 27.3 Å². The zero-order valence-corrected chi connectivity index (χ0v) is 10.5. The van der Waals surface area contributed by atoms with Crippen LogP contribution in [0.5, 0.6) is 0 Å². The fourth-order valence-electron chi connectivity index (χ4n) is 1.32. The molecule has 0 saturated heterocycles. The predicted octanol–water partition coefficient (Wildman–Crippen LogP) is 2.19. The van der Waals surface area contributed by atoms with Crippen LogP contribution in [0.25, 0.3) is 0 Å². The molecule has 4 nitrogen and oxygen atoms in total. The van der Waals surface area contributed by atoms with Crippen molar-refractivity contribution in [2.45, 2.75) is 6.92 Å². The zero-order chi connectivity index (χ0) is 12.1. The lowest BCUT2D eigenvalue weighted by molar-refractivity contribution is 0.961. The summed E-state index contributed by atoms with van der Waals surface area (Å²) in [5.41, 5.74) is 8.19. The van der Waals surface area contributed by atoms with E-state index in [9.17, 15) is 0 Å². The first-order chi connectivity index (χ1) is 7.60. The highest BCUT2D eigenvalue weighted by Crippen LogP contribution is 2.30. The Labute approximate surface area is 103 Å². The Morgan fingerprint density at radius 2 is 1.88 bits per heavy atom. The average Bonchev–Trinajstić information content (AvgIpc) is 2.23. The maximum absolute atomic E-state index is 8.70. The number of anilines is 2. The minimum atomic E-state index is 0.176. The summed E-state index contributed by atoms with van der Waals surface area (Å²) in [5, 5.41) is 17.4. The normalized spacial score (nSPS) is 9.25. The van der Waals surface area contributed by atoms with Gasteiger partial charge in [-0.2, -0.15) is 10.5 Å². The maximum atomic E-state index is 8.70. The molecule has 1 aromatic rings. The molecule has 82 valence electrons. The first-order valence-electron chi connectivity index (χ1n) is 4.64. The molecule has 0 spiro atoms. The fraction of sp³-hybridized carbons (Fsp3) is 0.273. The van der Waals surface area contributed by atoms with Gasteiger partial charge >= 0.3 is 0 Å². The maximum Gasteiger partial charge on any atom is 0.107 e. The summed E-state index contributed by atoms with van der Waals surface area (Å²) in [6, 6.07) is 7.72. The molecule has 0 unspecified atom stereocenters. The van der Waals surface area contributed by atoms with E-state index in [1.54, 1.807) is 11.0 Å². The van der Waals surface area contributed by atoms with Crippen LogP contribution in [0.3, 0.4) is 0 Å². The molecule has 16 heavy (non-hydrogen) atoms. The number of nitriles is 2. The van der Waals surface area contributed by atoms with Crippen LogP contribution < -0.4 is 10.6 Å². The molecule has 1 rings (SSSR count). The Morgan fingerprint density at radius 3 is 2.38 bits per heavy atom. The standard InChI is InChI=1S/C11H11BrN4/c1-8-6-11(9(12)7-10(8)15)16(4-2-13)5-3-14/h6-7H,4-5,15H2,1H3. The van der Waals surface area contributed by atoms with Gasteiger partial charge in [0.25, 0.3) is 0 Å². The number of nitrogens with two attached hydrogens (primary N) is 1. The van der Waals surface area contributed by atoms with Crippen molar-refractivity contribution in [2.75, 3.05) is 23.7 Å². The van der Waals surface area contributed by atoms with Crippen LogP contribution in [0, 0.1) is 29.6 Å². The lowest BCUT2D eigenvalue weighted by Gasteiger charge is -2.20. The quantitative estimate of drug-likeness (QED) is 0.679. The van der Waals surface area contributed by atoms with Crippen molar-refractivity contribution in [3.63, 3.8) is 0 Å². The van der Waals surface area contributed by atoms with Gasteiger partial charge in [0.15, 0.2) is 0 Å². The van der Waals surface area contributed by atoms with Gasteiger partial charge in [-0.25, -0.2) is 0 Å². The molecule has 5 heteroatoms. The summed E-state index contributed by atoms with van der Waals surface area (Å²) < 4.78 is 0.793. The number of hydrogen-bond acceptors (Lipinski definition) is 4. The summed E-state index contributed by atoms with van der Waals surface area (Å²) in [7, 11) is 0. The first kappa shape index (κ1) is 12.4. The van der Waals surface area contributed by atoms with Crippen molar-refractivity contribution in [3.8, 4) is 12.1 Å². The molecule has 1 aromatic carbocycles. The summed E-state index contributed by atoms with van der Waals surface area (Å²) in [6.07, 6.45) is 0.